The number of phenols is 1. The molecule has 106 valence electrons. The molecule has 1 amide bonds. The molecule has 1 aromatic carbocycles. The van der Waals surface area contributed by atoms with Gasteiger partial charge in [0.25, 0.3) is 0 Å². The predicted molar refractivity (Wildman–Crippen MR) is 74.1 cm³/mol. The third-order valence-electron chi connectivity index (χ3n) is 3.38. The van der Waals surface area contributed by atoms with Crippen LogP contribution >= 0.6 is 0 Å². The van der Waals surface area contributed by atoms with Gasteiger partial charge in [0.2, 0.25) is 5.91 Å². The van der Waals surface area contributed by atoms with Crippen LogP contribution in [0.2, 0.25) is 0 Å². The summed E-state index contributed by atoms with van der Waals surface area (Å²) in [5, 5.41) is 18.3. The van der Waals surface area contributed by atoms with E-state index in [1.54, 1.807) is 18.2 Å². The van der Waals surface area contributed by atoms with E-state index < -0.39 is 12.0 Å². The molecular weight excluding hydrogens is 258 g/mol. The van der Waals surface area contributed by atoms with Crippen LogP contribution < -0.4 is 0 Å². The van der Waals surface area contributed by atoms with Crippen LogP contribution in [-0.2, 0) is 9.59 Å². The Hall–Kier alpha value is -2.30. The minimum Gasteiger partial charge on any atom is -0.508 e. The maximum atomic E-state index is 12.1. The van der Waals surface area contributed by atoms with Gasteiger partial charge in [-0.2, -0.15) is 0 Å². The number of hydrogen-bond donors (Lipinski definition) is 2. The Balaban J connectivity index is 2.06. The number of rotatable bonds is 3. The molecule has 0 bridgehead atoms. The van der Waals surface area contributed by atoms with E-state index in [0.717, 1.165) is 18.4 Å². The minimum absolute atomic E-state index is 0.162. The van der Waals surface area contributed by atoms with Crippen LogP contribution in [-0.4, -0.2) is 39.6 Å². The number of hydrogen-bond acceptors (Lipinski definition) is 3. The highest BCUT2D eigenvalue weighted by Gasteiger charge is 2.30. The summed E-state index contributed by atoms with van der Waals surface area (Å²) in [5.74, 6) is -1.07. The molecule has 1 fully saturated rings. The van der Waals surface area contributed by atoms with Gasteiger partial charge in [0, 0.05) is 12.6 Å². The van der Waals surface area contributed by atoms with Gasteiger partial charge in [-0.05, 0) is 43.0 Å². The van der Waals surface area contributed by atoms with Crippen LogP contribution in [0.4, 0.5) is 0 Å². The summed E-state index contributed by atoms with van der Waals surface area (Å²) in [6.07, 6.45) is 5.18. The lowest BCUT2D eigenvalue weighted by molar-refractivity contribution is -0.150. The second kappa shape index (κ2) is 6.23. The van der Waals surface area contributed by atoms with Crippen LogP contribution in [0.3, 0.4) is 0 Å². The number of carboxylic acids is 1. The fraction of sp³-hybridized carbons (Fsp3) is 0.333. The van der Waals surface area contributed by atoms with Crippen molar-refractivity contribution in [1.29, 1.82) is 0 Å². The zero-order valence-electron chi connectivity index (χ0n) is 11.0. The summed E-state index contributed by atoms with van der Waals surface area (Å²) in [5.41, 5.74) is 0.778. The number of piperidine rings is 1. The van der Waals surface area contributed by atoms with Crippen molar-refractivity contribution in [3.8, 4) is 5.75 Å². The van der Waals surface area contributed by atoms with Crippen molar-refractivity contribution in [2.75, 3.05) is 6.54 Å². The average Bonchev–Trinajstić information content (AvgIpc) is 2.46. The first-order valence-corrected chi connectivity index (χ1v) is 6.58. The van der Waals surface area contributed by atoms with Crippen LogP contribution in [0.1, 0.15) is 24.8 Å². The Kier molecular flexibility index (Phi) is 4.40. The predicted octanol–water partition coefficient (Wildman–Crippen LogP) is 1.87. The van der Waals surface area contributed by atoms with Gasteiger partial charge in [-0.25, -0.2) is 4.79 Å². The molecule has 1 saturated heterocycles. The summed E-state index contributed by atoms with van der Waals surface area (Å²) in [7, 11) is 0. The smallest absolute Gasteiger partial charge is 0.326 e. The zero-order valence-corrected chi connectivity index (χ0v) is 11.0. The standard InChI is InChI=1S/C15H17NO4/c17-12-7-4-11(5-8-12)6-9-14(18)16-10-2-1-3-13(16)15(19)20/h4-9,13,17H,1-3,10H2,(H,19,20)/b9-6+. The number of carbonyl (C=O) groups is 2. The van der Waals surface area contributed by atoms with Gasteiger partial charge in [-0.1, -0.05) is 12.1 Å². The molecule has 1 aliphatic heterocycles. The number of carboxylic acid groups (broad SMARTS) is 1. The Morgan fingerprint density at radius 3 is 2.55 bits per heavy atom. The molecule has 20 heavy (non-hydrogen) atoms. The topological polar surface area (TPSA) is 77.8 Å². The number of aromatic hydroxyl groups is 1. The monoisotopic (exact) mass is 275 g/mol. The maximum Gasteiger partial charge on any atom is 0.326 e. The van der Waals surface area contributed by atoms with Crippen molar-refractivity contribution < 1.29 is 19.8 Å². The van der Waals surface area contributed by atoms with Gasteiger partial charge in [0.05, 0.1) is 0 Å². The number of aliphatic carboxylic acids is 1. The van der Waals surface area contributed by atoms with Crippen LogP contribution in [0.5, 0.6) is 5.75 Å². The van der Waals surface area contributed by atoms with Crippen molar-refractivity contribution >= 4 is 18.0 Å². The number of likely N-dealkylation sites (tertiary alicyclic amines) is 1. The quantitative estimate of drug-likeness (QED) is 0.825. The van der Waals surface area contributed by atoms with Gasteiger partial charge in [0.1, 0.15) is 11.8 Å². The van der Waals surface area contributed by atoms with Crippen LogP contribution in [0, 0.1) is 0 Å². The Labute approximate surface area is 117 Å². The molecule has 5 heteroatoms. The fourth-order valence-corrected chi connectivity index (χ4v) is 2.30. The number of nitrogens with zero attached hydrogens (tertiary/aromatic N) is 1. The van der Waals surface area contributed by atoms with E-state index >= 15 is 0 Å². The van der Waals surface area contributed by atoms with E-state index in [4.69, 9.17) is 10.2 Å². The maximum absolute atomic E-state index is 12.1. The molecule has 1 aliphatic rings. The lowest BCUT2D eigenvalue weighted by Crippen LogP contribution is -2.47. The largest absolute Gasteiger partial charge is 0.508 e. The molecule has 0 aliphatic carbocycles. The Morgan fingerprint density at radius 1 is 1.20 bits per heavy atom. The summed E-state index contributed by atoms with van der Waals surface area (Å²) in [6.45, 7) is 0.482. The molecular formula is C15H17NO4. The molecule has 0 spiro atoms. The molecule has 0 aromatic heterocycles. The van der Waals surface area contributed by atoms with Crippen molar-refractivity contribution in [1.82, 2.24) is 4.90 Å². The first-order valence-electron chi connectivity index (χ1n) is 6.58. The third-order valence-corrected chi connectivity index (χ3v) is 3.38. The van der Waals surface area contributed by atoms with Crippen molar-refractivity contribution in [3.63, 3.8) is 0 Å². The van der Waals surface area contributed by atoms with E-state index in [-0.39, 0.29) is 11.7 Å². The van der Waals surface area contributed by atoms with E-state index in [9.17, 15) is 9.59 Å². The molecule has 1 aromatic rings. The highest BCUT2D eigenvalue weighted by Crippen LogP contribution is 2.18. The molecule has 5 nitrogen and oxygen atoms in total. The van der Waals surface area contributed by atoms with E-state index in [1.165, 1.54) is 23.1 Å². The lowest BCUT2D eigenvalue weighted by Gasteiger charge is -2.32. The number of amides is 1. The summed E-state index contributed by atoms with van der Waals surface area (Å²) >= 11 is 0. The van der Waals surface area contributed by atoms with Gasteiger partial charge < -0.3 is 15.1 Å². The Bertz CT molecular complexity index is 521. The zero-order chi connectivity index (χ0) is 14.5. The highest BCUT2D eigenvalue weighted by atomic mass is 16.4. The first-order chi connectivity index (χ1) is 9.58. The molecule has 0 saturated carbocycles. The Morgan fingerprint density at radius 2 is 1.90 bits per heavy atom. The van der Waals surface area contributed by atoms with E-state index in [1.807, 2.05) is 0 Å². The van der Waals surface area contributed by atoms with Gasteiger partial charge >= 0.3 is 5.97 Å². The third kappa shape index (κ3) is 3.38. The summed E-state index contributed by atoms with van der Waals surface area (Å²) in [6, 6.07) is 5.71. The molecule has 0 radical (unpaired) electrons. The van der Waals surface area contributed by atoms with E-state index in [2.05, 4.69) is 0 Å². The highest BCUT2D eigenvalue weighted by molar-refractivity contribution is 5.94. The number of phenolic OH excluding ortho intramolecular Hbond substituents is 1. The van der Waals surface area contributed by atoms with Gasteiger partial charge in [0.15, 0.2) is 0 Å². The lowest BCUT2D eigenvalue weighted by atomic mass is 10.0. The fourth-order valence-electron chi connectivity index (χ4n) is 2.30. The normalized spacial score (nSPS) is 19.2. The minimum atomic E-state index is -0.948. The summed E-state index contributed by atoms with van der Waals surface area (Å²) < 4.78 is 0. The molecule has 2 rings (SSSR count). The average molecular weight is 275 g/mol. The van der Waals surface area contributed by atoms with Crippen LogP contribution in [0.15, 0.2) is 30.3 Å². The van der Waals surface area contributed by atoms with Crippen molar-refractivity contribution in [2.45, 2.75) is 25.3 Å². The van der Waals surface area contributed by atoms with Crippen LogP contribution in [0.25, 0.3) is 6.08 Å². The van der Waals surface area contributed by atoms with E-state index in [0.29, 0.717) is 13.0 Å². The SMILES string of the molecule is O=C(O)C1CCCCN1C(=O)/C=C/c1ccc(O)cc1. The molecule has 2 N–H and O–H groups in total. The second-order valence-electron chi connectivity index (χ2n) is 4.81. The second-order valence-corrected chi connectivity index (χ2v) is 4.81. The first kappa shape index (κ1) is 14.1. The van der Waals surface area contributed by atoms with Crippen molar-refractivity contribution in [3.05, 3.63) is 35.9 Å². The summed E-state index contributed by atoms with van der Waals surface area (Å²) in [4.78, 5) is 24.6. The number of benzene rings is 1. The molecule has 1 unspecified atom stereocenters. The molecule has 1 atom stereocenters. The van der Waals surface area contributed by atoms with Gasteiger partial charge in [-0.3, -0.25) is 4.79 Å². The van der Waals surface area contributed by atoms with Crippen molar-refractivity contribution in [2.24, 2.45) is 0 Å². The molecule has 1 heterocycles. The number of carbonyl (C=O) groups excluding carboxylic acids is 1. The van der Waals surface area contributed by atoms with Gasteiger partial charge in [-0.15, -0.1) is 0 Å².